The molecule has 0 saturated heterocycles. The van der Waals surface area contributed by atoms with E-state index in [1.807, 2.05) is 72.3 Å². The molecule has 3 heterocycles. The quantitative estimate of drug-likeness (QED) is 0.0855. The molecule has 70 heavy (non-hydrogen) atoms. The average Bonchev–Trinajstić information content (AvgIpc) is 4.06. The largest absolute Gasteiger partial charge is 0.441 e. The highest BCUT2D eigenvalue weighted by atomic mass is 32.1. The summed E-state index contributed by atoms with van der Waals surface area (Å²) in [5.41, 5.74) is 12.2. The molecule has 3 aromatic carbocycles. The first-order valence-electron chi connectivity index (χ1n) is 24.1. The minimum atomic E-state index is -0.104. The van der Waals surface area contributed by atoms with E-state index in [1.165, 1.54) is 0 Å². The summed E-state index contributed by atoms with van der Waals surface area (Å²) >= 11 is 1.58. The first-order valence-corrected chi connectivity index (χ1v) is 24.9. The van der Waals surface area contributed by atoms with E-state index < -0.39 is 0 Å². The Morgan fingerprint density at radius 1 is 0.471 bits per heavy atom. The van der Waals surface area contributed by atoms with Gasteiger partial charge in [0.15, 0.2) is 46.2 Å². The Hall–Kier alpha value is -7.05. The Morgan fingerprint density at radius 2 is 0.971 bits per heavy atom. The highest BCUT2D eigenvalue weighted by molar-refractivity contribution is 7.18. The molecule has 0 saturated carbocycles. The fraction of sp³-hybridized carbons (Fsp3) is 0.328. The number of rotatable bonds is 16. The molecule has 0 bridgehead atoms. The van der Waals surface area contributed by atoms with Crippen LogP contribution >= 0.6 is 11.3 Å². The van der Waals surface area contributed by atoms with E-state index in [1.54, 1.807) is 59.8 Å². The number of aromatic nitrogens is 4. The number of benzene rings is 3. The van der Waals surface area contributed by atoms with E-state index in [-0.39, 0.29) is 34.7 Å². The minimum Gasteiger partial charge on any atom is -0.441 e. The first-order chi connectivity index (χ1) is 33.5. The van der Waals surface area contributed by atoms with Crippen LogP contribution in [0.4, 0.5) is 0 Å². The summed E-state index contributed by atoms with van der Waals surface area (Å²) in [6.07, 6.45) is 5.88. The average molecular weight is 953 g/mol. The molecule has 0 unspecified atom stereocenters. The lowest BCUT2D eigenvalue weighted by molar-refractivity contribution is -0.116. The molecule has 0 radical (unpaired) electrons. The second-order valence-corrected chi connectivity index (χ2v) is 20.2. The summed E-state index contributed by atoms with van der Waals surface area (Å²) in [5.74, 6) is 1.01. The third-order valence-electron chi connectivity index (χ3n) is 14.7. The van der Waals surface area contributed by atoms with Gasteiger partial charge in [0, 0.05) is 99.6 Å². The molecule has 0 aliphatic heterocycles. The zero-order valence-corrected chi connectivity index (χ0v) is 41.9. The van der Waals surface area contributed by atoms with Gasteiger partial charge in [0.05, 0.1) is 26.3 Å². The molecule has 0 fully saturated rings. The summed E-state index contributed by atoms with van der Waals surface area (Å²) < 4.78 is 8.87. The molecule has 3 aliphatic carbocycles. The van der Waals surface area contributed by atoms with Crippen molar-refractivity contribution in [3.05, 3.63) is 155 Å². The molecule has 3 aliphatic rings. The third-order valence-corrected chi connectivity index (χ3v) is 15.8. The van der Waals surface area contributed by atoms with Crippen molar-refractivity contribution in [3.8, 4) is 0 Å². The van der Waals surface area contributed by atoms with Crippen LogP contribution in [0.5, 0.6) is 0 Å². The number of imidazole rings is 1. The SMILES string of the molecule is CC1=C(C)C(=O)C(CCCc2nc3ccc(CC4=C(C)C(=O)C(CCCc5nc6ccc(CC7=C(C)C(=O)C(CCCc8nc9ccccc9o8)=C(C)C7=O)cc6s5)=C(C)C4=O)cc3n2C)=C(C)C1=O. The fourth-order valence-corrected chi connectivity index (χ4v) is 11.2. The number of oxazole rings is 1. The van der Waals surface area contributed by atoms with Gasteiger partial charge in [0.2, 0.25) is 0 Å². The molecular weight excluding hydrogens is 897 g/mol. The zero-order chi connectivity index (χ0) is 49.7. The van der Waals surface area contributed by atoms with Crippen molar-refractivity contribution in [3.63, 3.8) is 0 Å². The van der Waals surface area contributed by atoms with Gasteiger partial charge >= 0.3 is 0 Å². The van der Waals surface area contributed by atoms with Crippen LogP contribution in [0, 0.1) is 0 Å². The maximum atomic E-state index is 13.9. The number of hydrogen-bond acceptors (Lipinski definition) is 11. The first kappa shape index (κ1) is 48.0. The number of aryl methyl sites for hydroxylation is 4. The summed E-state index contributed by atoms with van der Waals surface area (Å²) in [5, 5.41) is 0.924. The van der Waals surface area contributed by atoms with Gasteiger partial charge in [0.1, 0.15) is 11.3 Å². The normalized spacial score (nSPS) is 16.5. The van der Waals surface area contributed by atoms with Gasteiger partial charge in [0.25, 0.3) is 0 Å². The van der Waals surface area contributed by atoms with Gasteiger partial charge in [-0.1, -0.05) is 24.3 Å². The van der Waals surface area contributed by atoms with Crippen LogP contribution in [0.1, 0.15) is 115 Å². The zero-order valence-electron chi connectivity index (χ0n) is 41.1. The minimum absolute atomic E-state index is 0.0487. The standard InChI is InChI=1S/C58H56N4O7S/c1-30-31(2)54(64)39(32(3)53(30)63)14-11-19-50-59-44-24-22-37(28-47(44)62(50)8)26-42-35(6)56(66)41(34(5)57(42)67)16-13-21-52-61-46-25-23-38(29-49(46)70-52)27-43-36(7)55(65)40(33(4)58(43)68)15-12-20-51-60-45-17-9-10-18-48(45)69-51/h9-10,17-18,22-25,28-29H,11-16,19-21,26-27H2,1-8H3. The van der Waals surface area contributed by atoms with Crippen molar-refractivity contribution in [1.82, 2.24) is 19.5 Å². The Bertz CT molecular complexity index is 3470. The van der Waals surface area contributed by atoms with Crippen molar-refractivity contribution >= 4 is 78.4 Å². The molecule has 6 aromatic rings. The third kappa shape index (κ3) is 9.01. The predicted molar refractivity (Wildman–Crippen MR) is 272 cm³/mol. The van der Waals surface area contributed by atoms with E-state index in [9.17, 15) is 28.8 Å². The maximum absolute atomic E-state index is 13.9. The molecular formula is C58H56N4O7S. The van der Waals surface area contributed by atoms with E-state index in [2.05, 4.69) is 4.98 Å². The summed E-state index contributed by atoms with van der Waals surface area (Å²) in [6.45, 7) is 12.2. The van der Waals surface area contributed by atoms with Crippen LogP contribution in [-0.2, 0) is 67.9 Å². The van der Waals surface area contributed by atoms with Crippen LogP contribution < -0.4 is 0 Å². The number of allylic oxidation sites excluding steroid dienone is 12. The highest BCUT2D eigenvalue weighted by Gasteiger charge is 2.32. The number of carbonyl (C=O) groups is 6. The van der Waals surface area contributed by atoms with Crippen LogP contribution in [0.3, 0.4) is 0 Å². The summed E-state index contributed by atoms with van der Waals surface area (Å²) in [4.78, 5) is 95.0. The number of carbonyl (C=O) groups excluding carboxylic acids is 6. The smallest absolute Gasteiger partial charge is 0.195 e. The maximum Gasteiger partial charge on any atom is 0.195 e. The van der Waals surface area contributed by atoms with Crippen molar-refractivity contribution < 1.29 is 33.2 Å². The highest BCUT2D eigenvalue weighted by Crippen LogP contribution is 2.35. The number of Topliss-reactive ketones (excluding diaryl/α,β-unsaturated/α-hetero) is 6. The molecule has 356 valence electrons. The van der Waals surface area contributed by atoms with Crippen molar-refractivity contribution in [2.75, 3.05) is 0 Å². The lowest BCUT2D eigenvalue weighted by Crippen LogP contribution is -2.23. The lowest BCUT2D eigenvalue weighted by Gasteiger charge is -2.21. The van der Waals surface area contributed by atoms with E-state index in [0.29, 0.717) is 143 Å². The number of nitrogens with zero attached hydrogens (tertiary/aromatic N) is 4. The molecule has 0 amide bonds. The fourth-order valence-electron chi connectivity index (χ4n) is 10.2. The van der Waals surface area contributed by atoms with Crippen LogP contribution in [-0.4, -0.2) is 54.2 Å². The van der Waals surface area contributed by atoms with Crippen LogP contribution in [0.15, 0.2) is 132 Å². The Morgan fingerprint density at radius 3 is 1.60 bits per heavy atom. The summed E-state index contributed by atoms with van der Waals surface area (Å²) in [7, 11) is 1.96. The van der Waals surface area contributed by atoms with E-state index in [0.717, 1.165) is 54.3 Å². The second-order valence-electron chi connectivity index (χ2n) is 19.1. The molecule has 9 rings (SSSR count). The Labute approximate surface area is 410 Å². The number of thiazole rings is 1. The molecule has 12 heteroatoms. The Balaban J connectivity index is 0.794. The van der Waals surface area contributed by atoms with Gasteiger partial charge in [-0.25, -0.2) is 15.0 Å². The molecule has 0 N–H and O–H groups in total. The van der Waals surface area contributed by atoms with E-state index in [4.69, 9.17) is 14.4 Å². The Kier molecular flexibility index (Phi) is 13.3. The molecule has 11 nitrogen and oxygen atoms in total. The summed E-state index contributed by atoms with van der Waals surface area (Å²) in [6, 6.07) is 19.5. The number of para-hydroxylation sites is 2. The monoisotopic (exact) mass is 952 g/mol. The number of hydrogen-bond donors (Lipinski definition) is 0. The molecule has 0 spiro atoms. The van der Waals surface area contributed by atoms with Gasteiger partial charge in [-0.05, 0) is 141 Å². The van der Waals surface area contributed by atoms with Crippen LogP contribution in [0.25, 0.3) is 32.3 Å². The predicted octanol–water partition coefficient (Wildman–Crippen LogP) is 11.2. The van der Waals surface area contributed by atoms with Crippen molar-refractivity contribution in [2.45, 2.75) is 119 Å². The lowest BCUT2D eigenvalue weighted by atomic mass is 9.81. The van der Waals surface area contributed by atoms with Crippen LogP contribution in [0.2, 0.25) is 0 Å². The van der Waals surface area contributed by atoms with Gasteiger partial charge in [-0.15, -0.1) is 11.3 Å². The second kappa shape index (κ2) is 19.4. The molecule has 3 aromatic heterocycles. The van der Waals surface area contributed by atoms with Gasteiger partial charge in [-0.2, -0.15) is 0 Å². The number of fused-ring (bicyclic) bond motifs is 3. The van der Waals surface area contributed by atoms with Crippen molar-refractivity contribution in [1.29, 1.82) is 0 Å². The van der Waals surface area contributed by atoms with Gasteiger partial charge < -0.3 is 8.98 Å². The van der Waals surface area contributed by atoms with Gasteiger partial charge in [-0.3, -0.25) is 28.8 Å². The van der Waals surface area contributed by atoms with Crippen molar-refractivity contribution in [2.24, 2.45) is 7.05 Å². The molecule has 0 atom stereocenters. The number of ketones is 6. The topological polar surface area (TPSA) is 159 Å². The van der Waals surface area contributed by atoms with E-state index >= 15 is 0 Å².